The molecule has 0 radical (unpaired) electrons. The molecule has 22 heavy (non-hydrogen) atoms. The highest BCUT2D eigenvalue weighted by Gasteiger charge is 2.04. The zero-order chi connectivity index (χ0) is 15.2. The van der Waals surface area contributed by atoms with Gasteiger partial charge in [0.2, 0.25) is 0 Å². The lowest BCUT2D eigenvalue weighted by atomic mass is 10.1. The number of carbonyl (C=O) groups is 1. The van der Waals surface area contributed by atoms with Crippen molar-refractivity contribution in [3.63, 3.8) is 0 Å². The second-order valence-corrected chi connectivity index (χ2v) is 4.89. The molecule has 0 spiro atoms. The fourth-order valence-electron chi connectivity index (χ4n) is 2.14. The third kappa shape index (κ3) is 3.63. The van der Waals surface area contributed by atoms with Gasteiger partial charge in [-0.15, -0.1) is 0 Å². The topological polar surface area (TPSA) is 64.4 Å². The molecular formula is C17H16N2O3. The first kappa shape index (κ1) is 14.1. The molecule has 112 valence electrons. The Kier molecular flexibility index (Phi) is 4.34. The van der Waals surface area contributed by atoms with E-state index in [-0.39, 0.29) is 6.61 Å². The van der Waals surface area contributed by atoms with Crippen LogP contribution in [0.4, 0.5) is 4.79 Å². The van der Waals surface area contributed by atoms with Gasteiger partial charge in [0.05, 0.1) is 0 Å². The van der Waals surface area contributed by atoms with Crippen molar-refractivity contribution in [3.8, 4) is 0 Å². The predicted molar refractivity (Wildman–Crippen MR) is 82.3 cm³/mol. The molecule has 0 atom stereocenters. The van der Waals surface area contributed by atoms with E-state index in [1.54, 1.807) is 0 Å². The average molecular weight is 296 g/mol. The Labute approximate surface area is 127 Å². The number of amides is 1. The Bertz CT molecular complexity index is 753. The van der Waals surface area contributed by atoms with Crippen LogP contribution in [0.2, 0.25) is 0 Å². The summed E-state index contributed by atoms with van der Waals surface area (Å²) in [5.41, 5.74) is 3.63. The lowest BCUT2D eigenvalue weighted by molar-refractivity contribution is 0.140. The first-order chi connectivity index (χ1) is 10.8. The van der Waals surface area contributed by atoms with Crippen molar-refractivity contribution in [2.45, 2.75) is 13.0 Å². The molecule has 1 amide bonds. The van der Waals surface area contributed by atoms with Crippen LogP contribution in [-0.2, 0) is 17.8 Å². The van der Waals surface area contributed by atoms with Crippen molar-refractivity contribution in [2.24, 2.45) is 0 Å². The van der Waals surface area contributed by atoms with Gasteiger partial charge in [0.25, 0.3) is 0 Å². The molecule has 0 aliphatic heterocycles. The van der Waals surface area contributed by atoms with Gasteiger partial charge in [0, 0.05) is 6.54 Å². The summed E-state index contributed by atoms with van der Waals surface area (Å²) in [7, 11) is 0. The minimum atomic E-state index is -0.412. The Morgan fingerprint density at radius 1 is 1.14 bits per heavy atom. The Hall–Kier alpha value is -2.82. The number of oxazole rings is 1. The third-order valence-corrected chi connectivity index (χ3v) is 3.29. The maximum atomic E-state index is 11.6. The first-order valence-corrected chi connectivity index (χ1v) is 7.08. The normalized spacial score (nSPS) is 10.5. The largest absolute Gasteiger partial charge is 0.445 e. The van der Waals surface area contributed by atoms with E-state index in [9.17, 15) is 4.79 Å². The van der Waals surface area contributed by atoms with E-state index < -0.39 is 6.09 Å². The van der Waals surface area contributed by atoms with Gasteiger partial charge in [-0.2, -0.15) is 0 Å². The van der Waals surface area contributed by atoms with E-state index in [0.717, 1.165) is 22.2 Å². The number of nitrogens with zero attached hydrogens (tertiary/aromatic N) is 1. The number of benzene rings is 2. The maximum Gasteiger partial charge on any atom is 0.407 e. The fraction of sp³-hybridized carbons (Fsp3) is 0.176. The Morgan fingerprint density at radius 2 is 2.00 bits per heavy atom. The molecule has 5 nitrogen and oxygen atoms in total. The van der Waals surface area contributed by atoms with E-state index >= 15 is 0 Å². The summed E-state index contributed by atoms with van der Waals surface area (Å²) in [5.74, 6) is 0. The minimum absolute atomic E-state index is 0.275. The monoisotopic (exact) mass is 296 g/mol. The van der Waals surface area contributed by atoms with E-state index in [1.165, 1.54) is 6.39 Å². The van der Waals surface area contributed by atoms with Crippen LogP contribution >= 0.6 is 0 Å². The summed E-state index contributed by atoms with van der Waals surface area (Å²) < 4.78 is 10.4. The molecule has 0 aliphatic rings. The van der Waals surface area contributed by atoms with E-state index in [2.05, 4.69) is 10.3 Å². The van der Waals surface area contributed by atoms with Crippen LogP contribution in [-0.4, -0.2) is 17.6 Å². The lowest BCUT2D eigenvalue weighted by Crippen LogP contribution is -2.26. The van der Waals surface area contributed by atoms with E-state index in [4.69, 9.17) is 9.15 Å². The first-order valence-electron chi connectivity index (χ1n) is 7.08. The fourth-order valence-corrected chi connectivity index (χ4v) is 2.14. The summed E-state index contributed by atoms with van der Waals surface area (Å²) in [6.07, 6.45) is 1.72. The quantitative estimate of drug-likeness (QED) is 0.784. The summed E-state index contributed by atoms with van der Waals surface area (Å²) >= 11 is 0. The van der Waals surface area contributed by atoms with E-state index in [1.807, 2.05) is 48.5 Å². The number of hydrogen-bond acceptors (Lipinski definition) is 4. The van der Waals surface area contributed by atoms with Crippen molar-refractivity contribution in [1.29, 1.82) is 0 Å². The SMILES string of the molecule is O=C(NCCc1ccc2ncoc2c1)OCc1ccccc1. The molecule has 0 aliphatic carbocycles. The highest BCUT2D eigenvalue weighted by atomic mass is 16.5. The minimum Gasteiger partial charge on any atom is -0.445 e. The highest BCUT2D eigenvalue weighted by Crippen LogP contribution is 2.14. The smallest absolute Gasteiger partial charge is 0.407 e. The average Bonchev–Trinajstić information content (AvgIpc) is 3.02. The van der Waals surface area contributed by atoms with Gasteiger partial charge >= 0.3 is 6.09 Å². The molecule has 2 aromatic carbocycles. The summed E-state index contributed by atoms with van der Waals surface area (Å²) in [5, 5.41) is 2.74. The molecule has 0 unspecified atom stereocenters. The second kappa shape index (κ2) is 6.76. The number of alkyl carbamates (subject to hydrolysis) is 1. The molecule has 3 rings (SSSR count). The van der Waals surface area contributed by atoms with Crippen LogP contribution in [0.15, 0.2) is 59.3 Å². The number of hydrogen-bond donors (Lipinski definition) is 1. The second-order valence-electron chi connectivity index (χ2n) is 4.89. The summed E-state index contributed by atoms with van der Waals surface area (Å²) in [6.45, 7) is 0.782. The number of nitrogens with one attached hydrogen (secondary N) is 1. The van der Waals surface area contributed by atoms with Gasteiger partial charge in [-0.05, 0) is 29.7 Å². The molecule has 1 N–H and O–H groups in total. The number of ether oxygens (including phenoxy) is 1. The van der Waals surface area contributed by atoms with Gasteiger partial charge in [-0.3, -0.25) is 0 Å². The van der Waals surface area contributed by atoms with Gasteiger partial charge in [-0.25, -0.2) is 9.78 Å². The number of carbonyl (C=O) groups excluding carboxylic acids is 1. The molecule has 5 heteroatoms. The summed E-state index contributed by atoms with van der Waals surface area (Å²) in [6, 6.07) is 15.4. The van der Waals surface area contributed by atoms with Crippen molar-refractivity contribution < 1.29 is 13.9 Å². The summed E-state index contributed by atoms with van der Waals surface area (Å²) in [4.78, 5) is 15.7. The van der Waals surface area contributed by atoms with Crippen molar-refractivity contribution in [2.75, 3.05) is 6.54 Å². The van der Waals surface area contributed by atoms with Crippen LogP contribution in [0.5, 0.6) is 0 Å². The van der Waals surface area contributed by atoms with Gasteiger partial charge in [-0.1, -0.05) is 36.4 Å². The number of rotatable bonds is 5. The molecular weight excluding hydrogens is 280 g/mol. The van der Waals surface area contributed by atoms with Crippen molar-refractivity contribution in [3.05, 3.63) is 66.1 Å². The van der Waals surface area contributed by atoms with Crippen LogP contribution in [0.3, 0.4) is 0 Å². The maximum absolute atomic E-state index is 11.6. The van der Waals surface area contributed by atoms with Gasteiger partial charge in [0.15, 0.2) is 12.0 Å². The number of aromatic nitrogens is 1. The van der Waals surface area contributed by atoms with Crippen LogP contribution < -0.4 is 5.32 Å². The van der Waals surface area contributed by atoms with Crippen molar-refractivity contribution in [1.82, 2.24) is 10.3 Å². The van der Waals surface area contributed by atoms with E-state index in [0.29, 0.717) is 13.0 Å². The molecule has 0 bridgehead atoms. The predicted octanol–water partition coefficient (Wildman–Crippen LogP) is 3.30. The van der Waals surface area contributed by atoms with Gasteiger partial charge in [0.1, 0.15) is 12.1 Å². The highest BCUT2D eigenvalue weighted by molar-refractivity contribution is 5.72. The standard InChI is InChI=1S/C17H16N2O3/c20-17(21-11-14-4-2-1-3-5-14)18-9-8-13-6-7-15-16(10-13)22-12-19-15/h1-7,10,12H,8-9,11H2,(H,18,20). The molecule has 0 saturated heterocycles. The van der Waals surface area contributed by atoms with Gasteiger partial charge < -0.3 is 14.5 Å². The molecule has 0 fully saturated rings. The van der Waals surface area contributed by atoms with Crippen LogP contribution in [0, 0.1) is 0 Å². The zero-order valence-electron chi connectivity index (χ0n) is 12.0. The lowest BCUT2D eigenvalue weighted by Gasteiger charge is -2.07. The number of fused-ring (bicyclic) bond motifs is 1. The molecule has 0 saturated carbocycles. The van der Waals surface area contributed by atoms with Crippen molar-refractivity contribution >= 4 is 17.2 Å². The van der Waals surface area contributed by atoms with Crippen LogP contribution in [0.1, 0.15) is 11.1 Å². The third-order valence-electron chi connectivity index (χ3n) is 3.29. The molecule has 1 heterocycles. The molecule has 3 aromatic rings. The Morgan fingerprint density at radius 3 is 2.86 bits per heavy atom. The molecule has 1 aromatic heterocycles. The Balaban J connectivity index is 1.43. The zero-order valence-corrected chi connectivity index (χ0v) is 12.0. The van der Waals surface area contributed by atoms with Crippen LogP contribution in [0.25, 0.3) is 11.1 Å².